The zero-order valence-electron chi connectivity index (χ0n) is 12.0. The number of hydrogen-bond acceptors (Lipinski definition) is 4. The number of nitrogens with zero attached hydrogens (tertiary/aromatic N) is 2. The van der Waals surface area contributed by atoms with Crippen molar-refractivity contribution >= 4 is 5.82 Å². The molecule has 104 valence electrons. The van der Waals surface area contributed by atoms with Crippen molar-refractivity contribution in [3.63, 3.8) is 0 Å². The summed E-state index contributed by atoms with van der Waals surface area (Å²) >= 11 is 0. The third kappa shape index (κ3) is 2.23. The summed E-state index contributed by atoms with van der Waals surface area (Å²) in [5.74, 6) is 1.18. The average molecular weight is 261 g/mol. The Bertz CT molecular complexity index is 463. The van der Waals surface area contributed by atoms with Gasteiger partial charge in [0, 0.05) is 31.8 Å². The molecule has 4 nitrogen and oxygen atoms in total. The Balaban J connectivity index is 1.91. The highest BCUT2D eigenvalue weighted by atomic mass is 16.5. The predicted molar refractivity (Wildman–Crippen MR) is 76.6 cm³/mol. The van der Waals surface area contributed by atoms with Gasteiger partial charge < -0.3 is 15.0 Å². The van der Waals surface area contributed by atoms with Crippen LogP contribution in [0.25, 0.3) is 0 Å². The summed E-state index contributed by atoms with van der Waals surface area (Å²) in [4.78, 5) is 7.37. The van der Waals surface area contributed by atoms with Gasteiger partial charge in [-0.2, -0.15) is 0 Å². The van der Waals surface area contributed by atoms with Gasteiger partial charge >= 0.3 is 0 Å². The van der Waals surface area contributed by atoms with Gasteiger partial charge in [0.05, 0.1) is 11.8 Å². The largest absolute Gasteiger partial charge is 0.372 e. The molecule has 1 unspecified atom stereocenters. The fourth-order valence-corrected chi connectivity index (χ4v) is 3.26. The van der Waals surface area contributed by atoms with Gasteiger partial charge in [0.1, 0.15) is 5.82 Å². The van der Waals surface area contributed by atoms with E-state index < -0.39 is 0 Å². The average Bonchev–Trinajstić information content (AvgIpc) is 2.77. The molecular weight excluding hydrogens is 238 g/mol. The van der Waals surface area contributed by atoms with Gasteiger partial charge in [-0.15, -0.1) is 0 Å². The molecule has 0 bridgehead atoms. The van der Waals surface area contributed by atoms with Gasteiger partial charge in [-0.25, -0.2) is 4.98 Å². The van der Waals surface area contributed by atoms with Gasteiger partial charge in [0.15, 0.2) is 0 Å². The normalized spacial score (nSPS) is 27.0. The number of rotatable bonds is 3. The zero-order valence-corrected chi connectivity index (χ0v) is 12.0. The number of piperazine rings is 1. The molecule has 3 atom stereocenters. The van der Waals surface area contributed by atoms with Gasteiger partial charge in [0.25, 0.3) is 0 Å². The van der Waals surface area contributed by atoms with Crippen molar-refractivity contribution in [1.29, 1.82) is 0 Å². The highest BCUT2D eigenvalue weighted by Crippen LogP contribution is 2.34. The maximum Gasteiger partial charge on any atom is 0.132 e. The number of aromatic nitrogens is 1. The lowest BCUT2D eigenvalue weighted by molar-refractivity contribution is 0.0734. The number of fused-ring (bicyclic) bond motifs is 3. The van der Waals surface area contributed by atoms with E-state index in [9.17, 15) is 0 Å². The second-order valence-corrected chi connectivity index (χ2v) is 5.59. The second kappa shape index (κ2) is 5.10. The van der Waals surface area contributed by atoms with Crippen molar-refractivity contribution < 1.29 is 4.74 Å². The first-order valence-corrected chi connectivity index (χ1v) is 7.31. The molecule has 1 N–H and O–H groups in total. The Hall–Kier alpha value is -1.13. The minimum absolute atomic E-state index is 0.0765. The summed E-state index contributed by atoms with van der Waals surface area (Å²) in [5.41, 5.74) is 2.43. The first kappa shape index (κ1) is 12.9. The van der Waals surface area contributed by atoms with Crippen LogP contribution in [0.2, 0.25) is 0 Å². The van der Waals surface area contributed by atoms with Crippen LogP contribution in [0.15, 0.2) is 12.1 Å². The maximum absolute atomic E-state index is 5.66. The van der Waals surface area contributed by atoms with Crippen LogP contribution in [0.3, 0.4) is 0 Å². The summed E-state index contributed by atoms with van der Waals surface area (Å²) < 4.78 is 5.66. The van der Waals surface area contributed by atoms with E-state index in [1.807, 2.05) is 6.92 Å². The number of hydrogen-bond donors (Lipinski definition) is 1. The van der Waals surface area contributed by atoms with Crippen LogP contribution in [0.4, 0.5) is 5.82 Å². The molecule has 1 fully saturated rings. The summed E-state index contributed by atoms with van der Waals surface area (Å²) in [7, 11) is 0. The lowest BCUT2D eigenvalue weighted by Crippen LogP contribution is -2.55. The third-order valence-corrected chi connectivity index (χ3v) is 4.20. The van der Waals surface area contributed by atoms with Crippen LogP contribution in [-0.2, 0) is 11.2 Å². The lowest BCUT2D eigenvalue weighted by atomic mass is 10.1. The molecule has 1 saturated heterocycles. The van der Waals surface area contributed by atoms with Crippen LogP contribution in [0.1, 0.15) is 38.1 Å². The Kier molecular flexibility index (Phi) is 3.46. The molecule has 2 aliphatic rings. The van der Waals surface area contributed by atoms with E-state index in [0.29, 0.717) is 12.1 Å². The lowest BCUT2D eigenvalue weighted by Gasteiger charge is -2.37. The molecule has 1 aromatic heterocycles. The highest BCUT2D eigenvalue weighted by molar-refractivity contribution is 5.56. The number of anilines is 1. The minimum atomic E-state index is 0.0765. The summed E-state index contributed by atoms with van der Waals surface area (Å²) in [6, 6.07) is 5.45. The fourth-order valence-electron chi connectivity index (χ4n) is 3.26. The standard InChI is InChI=1S/C15H23N3O/c1-4-19-11(3)14-6-5-12-7-13-9-16-8-10(2)18(13)15(12)17-14/h5-6,10-11,13,16H,4,7-9H2,1-3H3/t10-,11?,13-/m1/s1. The van der Waals surface area contributed by atoms with E-state index in [-0.39, 0.29) is 6.10 Å². The minimum Gasteiger partial charge on any atom is -0.372 e. The van der Waals surface area contributed by atoms with E-state index in [4.69, 9.17) is 9.72 Å². The fraction of sp³-hybridized carbons (Fsp3) is 0.667. The van der Waals surface area contributed by atoms with Crippen molar-refractivity contribution in [2.45, 2.75) is 45.4 Å². The number of pyridine rings is 1. The Morgan fingerprint density at radius 2 is 2.32 bits per heavy atom. The number of ether oxygens (including phenoxy) is 1. The monoisotopic (exact) mass is 261 g/mol. The van der Waals surface area contributed by atoms with Gasteiger partial charge in [-0.1, -0.05) is 6.07 Å². The molecule has 0 amide bonds. The van der Waals surface area contributed by atoms with E-state index in [2.05, 4.69) is 36.2 Å². The predicted octanol–water partition coefficient (Wildman–Crippen LogP) is 1.90. The van der Waals surface area contributed by atoms with Crippen molar-refractivity contribution in [3.05, 3.63) is 23.4 Å². The first-order valence-electron chi connectivity index (χ1n) is 7.31. The topological polar surface area (TPSA) is 37.4 Å². The molecule has 4 heteroatoms. The molecule has 19 heavy (non-hydrogen) atoms. The molecule has 0 spiro atoms. The third-order valence-electron chi connectivity index (χ3n) is 4.20. The molecule has 3 rings (SSSR count). The molecule has 0 aromatic carbocycles. The van der Waals surface area contributed by atoms with E-state index >= 15 is 0 Å². The molecule has 0 saturated carbocycles. The van der Waals surface area contributed by atoms with Crippen molar-refractivity contribution in [2.75, 3.05) is 24.6 Å². The van der Waals surface area contributed by atoms with Gasteiger partial charge in [0.2, 0.25) is 0 Å². The molecular formula is C15H23N3O. The Labute approximate surface area is 115 Å². The van der Waals surface area contributed by atoms with Gasteiger partial charge in [-0.05, 0) is 38.8 Å². The summed E-state index contributed by atoms with van der Waals surface area (Å²) in [6.07, 6.45) is 1.19. The quantitative estimate of drug-likeness (QED) is 0.902. The first-order chi connectivity index (χ1) is 9.20. The summed E-state index contributed by atoms with van der Waals surface area (Å²) in [5, 5.41) is 3.50. The Morgan fingerprint density at radius 3 is 3.11 bits per heavy atom. The molecule has 3 heterocycles. The Morgan fingerprint density at radius 1 is 1.47 bits per heavy atom. The van der Waals surface area contributed by atoms with E-state index in [0.717, 1.165) is 31.8 Å². The van der Waals surface area contributed by atoms with Crippen molar-refractivity contribution in [2.24, 2.45) is 0 Å². The summed E-state index contributed by atoms with van der Waals surface area (Å²) in [6.45, 7) is 9.21. The zero-order chi connectivity index (χ0) is 13.4. The van der Waals surface area contributed by atoms with E-state index in [1.165, 1.54) is 11.4 Å². The van der Waals surface area contributed by atoms with Crippen molar-refractivity contribution in [1.82, 2.24) is 10.3 Å². The smallest absolute Gasteiger partial charge is 0.132 e. The number of nitrogens with one attached hydrogen (secondary N) is 1. The molecule has 1 aromatic rings. The van der Waals surface area contributed by atoms with E-state index in [1.54, 1.807) is 0 Å². The SMILES string of the molecule is CCOC(C)c1ccc2c(n1)N1[C@@H](CNC[C@H]1C)C2. The molecule has 0 radical (unpaired) electrons. The van der Waals surface area contributed by atoms with Crippen LogP contribution < -0.4 is 10.2 Å². The molecule has 0 aliphatic carbocycles. The second-order valence-electron chi connectivity index (χ2n) is 5.59. The van der Waals surface area contributed by atoms with Crippen LogP contribution >= 0.6 is 0 Å². The van der Waals surface area contributed by atoms with Crippen molar-refractivity contribution in [3.8, 4) is 0 Å². The van der Waals surface area contributed by atoms with Crippen LogP contribution in [0.5, 0.6) is 0 Å². The molecule has 2 aliphatic heterocycles. The van der Waals surface area contributed by atoms with Crippen LogP contribution in [0, 0.1) is 0 Å². The van der Waals surface area contributed by atoms with Gasteiger partial charge in [-0.3, -0.25) is 0 Å². The highest BCUT2D eigenvalue weighted by Gasteiger charge is 2.36. The maximum atomic E-state index is 5.66. The van der Waals surface area contributed by atoms with Crippen LogP contribution in [-0.4, -0.2) is 36.8 Å².